The topological polar surface area (TPSA) is 46.2 Å². The number of halogens is 1. The Balaban J connectivity index is 2.18. The predicted molar refractivity (Wildman–Crippen MR) is 75.8 cm³/mol. The van der Waals surface area contributed by atoms with Gasteiger partial charge < -0.3 is 0 Å². The number of rotatable bonds is 1. The van der Waals surface area contributed by atoms with Crippen LogP contribution in [0.2, 0.25) is 0 Å². The molecule has 0 aromatic heterocycles. The Morgan fingerprint density at radius 2 is 1.75 bits per heavy atom. The van der Waals surface area contributed by atoms with Crippen molar-refractivity contribution >= 4 is 21.8 Å². The lowest BCUT2D eigenvalue weighted by molar-refractivity contribution is 0.591. The first-order chi connectivity index (χ1) is 9.45. The summed E-state index contributed by atoms with van der Waals surface area (Å²) in [5.74, 6) is -0.357. The van der Waals surface area contributed by atoms with Crippen molar-refractivity contribution in [3.63, 3.8) is 0 Å². The molecule has 0 aliphatic carbocycles. The van der Waals surface area contributed by atoms with Crippen molar-refractivity contribution in [1.29, 1.82) is 0 Å². The van der Waals surface area contributed by atoms with E-state index < -0.39 is 10.0 Å². The summed E-state index contributed by atoms with van der Waals surface area (Å²) >= 11 is 0. The zero-order valence-electron chi connectivity index (χ0n) is 10.7. The van der Waals surface area contributed by atoms with E-state index in [1.165, 1.54) is 12.1 Å². The maximum atomic E-state index is 12.9. The number of hydrogen-bond acceptors (Lipinski definition) is 2. The Morgan fingerprint density at radius 1 is 1.05 bits per heavy atom. The summed E-state index contributed by atoms with van der Waals surface area (Å²) in [5.41, 5.74) is 2.70. The lowest BCUT2D eigenvalue weighted by atomic mass is 10.1. The van der Waals surface area contributed by atoms with E-state index in [0.717, 1.165) is 5.56 Å². The van der Waals surface area contributed by atoms with E-state index in [0.29, 0.717) is 16.8 Å². The highest BCUT2D eigenvalue weighted by atomic mass is 32.2. The Kier molecular flexibility index (Phi) is 2.87. The van der Waals surface area contributed by atoms with Gasteiger partial charge in [-0.05, 0) is 54.5 Å². The molecule has 0 saturated carbocycles. The number of fused-ring (bicyclic) bond motifs is 1. The second-order valence-electron chi connectivity index (χ2n) is 4.71. The van der Waals surface area contributed by atoms with E-state index >= 15 is 0 Å². The fourth-order valence-electron chi connectivity index (χ4n) is 2.18. The van der Waals surface area contributed by atoms with Crippen LogP contribution in [0, 0.1) is 12.7 Å². The van der Waals surface area contributed by atoms with Crippen LogP contribution in [-0.4, -0.2) is 8.42 Å². The molecule has 0 fully saturated rings. The Bertz CT molecular complexity index is 808. The highest BCUT2D eigenvalue weighted by Crippen LogP contribution is 2.28. The van der Waals surface area contributed by atoms with Crippen molar-refractivity contribution in [2.75, 3.05) is 0 Å². The maximum Gasteiger partial charge on any atom is 0.262 e. The van der Waals surface area contributed by atoms with Gasteiger partial charge in [0.1, 0.15) is 5.82 Å². The molecule has 1 aliphatic rings. The molecule has 0 spiro atoms. The molecule has 0 saturated heterocycles. The molecule has 102 valence electrons. The van der Waals surface area contributed by atoms with Gasteiger partial charge in [0, 0.05) is 0 Å². The summed E-state index contributed by atoms with van der Waals surface area (Å²) in [6, 6.07) is 10.9. The first-order valence-corrected chi connectivity index (χ1v) is 7.55. The molecule has 0 bridgehead atoms. The van der Waals surface area contributed by atoms with E-state index in [9.17, 15) is 12.8 Å². The van der Waals surface area contributed by atoms with Gasteiger partial charge in [0.25, 0.3) is 10.0 Å². The molecule has 0 amide bonds. The number of benzene rings is 2. The quantitative estimate of drug-likeness (QED) is 0.877. The van der Waals surface area contributed by atoms with E-state index in [1.54, 1.807) is 30.3 Å². The van der Waals surface area contributed by atoms with Gasteiger partial charge in [0.15, 0.2) is 0 Å². The van der Waals surface area contributed by atoms with Crippen molar-refractivity contribution < 1.29 is 12.8 Å². The first kappa shape index (κ1) is 12.9. The van der Waals surface area contributed by atoms with Crippen LogP contribution in [0.1, 0.15) is 16.7 Å². The van der Waals surface area contributed by atoms with Crippen LogP contribution in [-0.2, 0) is 10.0 Å². The zero-order valence-corrected chi connectivity index (χ0v) is 11.5. The van der Waals surface area contributed by atoms with E-state index in [4.69, 9.17) is 0 Å². The summed E-state index contributed by atoms with van der Waals surface area (Å²) in [6.45, 7) is 1.90. The third-order valence-electron chi connectivity index (χ3n) is 3.15. The molecule has 3 nitrogen and oxygen atoms in total. The van der Waals surface area contributed by atoms with Gasteiger partial charge in [-0.25, -0.2) is 12.8 Å². The Morgan fingerprint density at radius 3 is 2.45 bits per heavy atom. The van der Waals surface area contributed by atoms with Gasteiger partial charge in [-0.1, -0.05) is 17.7 Å². The van der Waals surface area contributed by atoms with E-state index in [1.807, 2.05) is 13.0 Å². The average Bonchev–Trinajstić information content (AvgIpc) is 2.38. The van der Waals surface area contributed by atoms with Crippen LogP contribution >= 0.6 is 0 Å². The number of sulfonamides is 1. The standard InChI is InChI=1S/C15H12FNO2S/c1-10-2-7-15-12(8-10)9-14(17-20(15,18)19)11-3-5-13(16)6-4-11/h2-9,17H,1H3. The lowest BCUT2D eigenvalue weighted by Crippen LogP contribution is -2.26. The van der Waals surface area contributed by atoms with Crippen LogP contribution in [0.4, 0.5) is 4.39 Å². The second kappa shape index (κ2) is 4.45. The maximum absolute atomic E-state index is 12.9. The van der Waals surface area contributed by atoms with Gasteiger partial charge in [-0.2, -0.15) is 0 Å². The normalized spacial score (nSPS) is 16.0. The minimum atomic E-state index is -3.58. The van der Waals surface area contributed by atoms with Gasteiger partial charge in [-0.15, -0.1) is 0 Å². The van der Waals surface area contributed by atoms with Crippen molar-refractivity contribution in [3.8, 4) is 0 Å². The summed E-state index contributed by atoms with van der Waals surface area (Å²) in [6.07, 6.45) is 1.76. The SMILES string of the molecule is Cc1ccc2c(c1)C=C(c1ccc(F)cc1)NS2(=O)=O. The second-order valence-corrected chi connectivity index (χ2v) is 6.36. The summed E-state index contributed by atoms with van der Waals surface area (Å²) in [4.78, 5) is 0.258. The van der Waals surface area contributed by atoms with Crippen LogP contribution in [0.15, 0.2) is 47.4 Å². The van der Waals surface area contributed by atoms with Gasteiger partial charge in [0.05, 0.1) is 10.6 Å². The van der Waals surface area contributed by atoms with Gasteiger partial charge in [0.2, 0.25) is 0 Å². The smallest absolute Gasteiger partial charge is 0.262 e. The third kappa shape index (κ3) is 2.20. The minimum Gasteiger partial charge on any atom is -0.279 e. The molecule has 2 aromatic rings. The van der Waals surface area contributed by atoms with Gasteiger partial charge >= 0.3 is 0 Å². The molecule has 0 unspecified atom stereocenters. The molecule has 1 N–H and O–H groups in total. The van der Waals surface area contributed by atoms with Crippen molar-refractivity contribution in [2.45, 2.75) is 11.8 Å². The lowest BCUT2D eigenvalue weighted by Gasteiger charge is -2.19. The van der Waals surface area contributed by atoms with Crippen LogP contribution in [0.25, 0.3) is 11.8 Å². The molecule has 1 aliphatic heterocycles. The van der Waals surface area contributed by atoms with Crippen LogP contribution < -0.4 is 4.72 Å². The molecular weight excluding hydrogens is 277 g/mol. The molecule has 0 radical (unpaired) electrons. The highest BCUT2D eigenvalue weighted by molar-refractivity contribution is 7.90. The Labute approximate surface area is 116 Å². The summed E-state index contributed by atoms with van der Waals surface area (Å²) in [7, 11) is -3.58. The number of hydrogen-bond donors (Lipinski definition) is 1. The van der Waals surface area contributed by atoms with Crippen molar-refractivity contribution in [1.82, 2.24) is 4.72 Å². The molecule has 5 heteroatoms. The van der Waals surface area contributed by atoms with Crippen LogP contribution in [0.5, 0.6) is 0 Å². The fraction of sp³-hybridized carbons (Fsp3) is 0.0667. The minimum absolute atomic E-state index is 0.258. The molecule has 20 heavy (non-hydrogen) atoms. The molecule has 0 atom stereocenters. The molecule has 2 aromatic carbocycles. The zero-order chi connectivity index (χ0) is 14.3. The fourth-order valence-corrected chi connectivity index (χ4v) is 3.43. The summed E-state index contributed by atoms with van der Waals surface area (Å²) in [5, 5.41) is 0. The molecular formula is C15H12FNO2S. The monoisotopic (exact) mass is 289 g/mol. The Hall–Kier alpha value is -2.14. The summed E-state index contributed by atoms with van der Waals surface area (Å²) < 4.78 is 39.9. The van der Waals surface area contributed by atoms with Crippen molar-refractivity contribution in [3.05, 3.63) is 65.0 Å². The third-order valence-corrected chi connectivity index (χ3v) is 4.59. The molecule has 1 heterocycles. The highest BCUT2D eigenvalue weighted by Gasteiger charge is 2.24. The first-order valence-electron chi connectivity index (χ1n) is 6.07. The van der Waals surface area contributed by atoms with E-state index in [-0.39, 0.29) is 10.7 Å². The van der Waals surface area contributed by atoms with Gasteiger partial charge in [-0.3, -0.25) is 4.72 Å². The number of nitrogens with one attached hydrogen (secondary N) is 1. The average molecular weight is 289 g/mol. The number of aryl methyl sites for hydroxylation is 1. The largest absolute Gasteiger partial charge is 0.279 e. The van der Waals surface area contributed by atoms with E-state index in [2.05, 4.69) is 4.72 Å². The molecule has 3 rings (SSSR count). The predicted octanol–water partition coefficient (Wildman–Crippen LogP) is 2.92. The van der Waals surface area contributed by atoms with Crippen LogP contribution in [0.3, 0.4) is 0 Å². The van der Waals surface area contributed by atoms with Crippen molar-refractivity contribution in [2.24, 2.45) is 0 Å².